The molecule has 0 spiro atoms. The third-order valence-electron chi connectivity index (χ3n) is 4.05. The van der Waals surface area contributed by atoms with Crippen molar-refractivity contribution < 1.29 is 9.53 Å². The number of H-pyrrole nitrogens is 2. The summed E-state index contributed by atoms with van der Waals surface area (Å²) < 4.78 is 5.75. The molecule has 0 bridgehead atoms. The van der Waals surface area contributed by atoms with E-state index in [0.29, 0.717) is 31.2 Å². The van der Waals surface area contributed by atoms with Crippen LogP contribution in [0.1, 0.15) is 67.2 Å². The number of carbonyl (C=O) groups is 1. The molecule has 1 amide bonds. The molecule has 1 saturated heterocycles. The quantitative estimate of drug-likeness (QED) is 0.870. The minimum Gasteiger partial charge on any atom is -0.366 e. The molecule has 8 nitrogen and oxygen atoms in total. The lowest BCUT2D eigenvalue weighted by atomic mass is 10.2. The average Bonchev–Trinajstić information content (AvgIpc) is 3.24. The van der Waals surface area contributed by atoms with E-state index in [0.717, 1.165) is 24.5 Å². The first-order chi connectivity index (χ1) is 11.6. The number of amides is 1. The van der Waals surface area contributed by atoms with Gasteiger partial charge in [-0.1, -0.05) is 20.8 Å². The van der Waals surface area contributed by atoms with Crippen LogP contribution in [0.3, 0.4) is 0 Å². The molecular formula is C16H24N6O2. The highest BCUT2D eigenvalue weighted by Gasteiger charge is 2.29. The van der Waals surface area contributed by atoms with Crippen LogP contribution in [0.25, 0.3) is 0 Å². The number of hydrogen-bond acceptors (Lipinski definition) is 5. The highest BCUT2D eigenvalue weighted by Crippen LogP contribution is 2.21. The lowest BCUT2D eigenvalue weighted by Gasteiger charge is -2.31. The summed E-state index contributed by atoms with van der Waals surface area (Å²) in [5, 5.41) is 7.17. The fourth-order valence-electron chi connectivity index (χ4n) is 2.70. The largest absolute Gasteiger partial charge is 0.366 e. The average molecular weight is 332 g/mol. The van der Waals surface area contributed by atoms with Crippen LogP contribution in [0, 0.1) is 0 Å². The first-order valence-corrected chi connectivity index (χ1v) is 8.45. The second kappa shape index (κ2) is 7.12. The van der Waals surface area contributed by atoms with Crippen molar-refractivity contribution in [3.05, 3.63) is 29.4 Å². The third kappa shape index (κ3) is 3.48. The zero-order valence-corrected chi connectivity index (χ0v) is 14.4. The van der Waals surface area contributed by atoms with Crippen molar-refractivity contribution in [1.29, 1.82) is 0 Å². The van der Waals surface area contributed by atoms with Crippen molar-refractivity contribution in [2.45, 2.75) is 45.6 Å². The minimum atomic E-state index is -0.294. The van der Waals surface area contributed by atoms with Gasteiger partial charge in [-0.15, -0.1) is 0 Å². The van der Waals surface area contributed by atoms with E-state index in [4.69, 9.17) is 4.74 Å². The van der Waals surface area contributed by atoms with Gasteiger partial charge in [-0.05, 0) is 6.42 Å². The van der Waals surface area contributed by atoms with Gasteiger partial charge in [-0.3, -0.25) is 9.89 Å². The molecule has 2 N–H and O–H groups in total. The highest BCUT2D eigenvalue weighted by molar-refractivity contribution is 5.92. The Kier molecular flexibility index (Phi) is 4.94. The number of hydrogen-bond donors (Lipinski definition) is 2. The lowest BCUT2D eigenvalue weighted by Crippen LogP contribution is -2.42. The summed E-state index contributed by atoms with van der Waals surface area (Å²) >= 11 is 0. The second-order valence-electron chi connectivity index (χ2n) is 6.34. The first-order valence-electron chi connectivity index (χ1n) is 8.45. The fourth-order valence-corrected chi connectivity index (χ4v) is 2.70. The molecule has 0 radical (unpaired) electrons. The number of nitrogens with one attached hydrogen (secondary N) is 2. The summed E-state index contributed by atoms with van der Waals surface area (Å²) in [5.74, 6) is 2.49. The number of rotatable bonds is 5. The normalized spacial score (nSPS) is 18.3. The van der Waals surface area contributed by atoms with Crippen LogP contribution < -0.4 is 0 Å². The zero-order chi connectivity index (χ0) is 17.1. The number of nitrogens with zero attached hydrogens (tertiary/aromatic N) is 4. The Balaban J connectivity index is 1.68. The van der Waals surface area contributed by atoms with Crippen molar-refractivity contribution in [2.75, 3.05) is 19.7 Å². The molecule has 0 saturated carbocycles. The smallest absolute Gasteiger partial charge is 0.272 e. The van der Waals surface area contributed by atoms with Gasteiger partial charge in [0.2, 0.25) is 0 Å². The van der Waals surface area contributed by atoms with Gasteiger partial charge in [0, 0.05) is 18.9 Å². The standard InChI is InChI=1S/C16H24N6O2/c1-4-5-13-19-15(21-20-13)12-9-22(6-7-24-12)16(23)11-8-17-14(18-11)10(2)3/h8,10,12H,4-7,9H2,1-3H3,(H,17,18)(H,19,20,21)/t12-/m1/s1. The SMILES string of the molecule is CCCc1nc([C@H]2CN(C(=O)c3cnc(C(C)C)[nH]3)CCO2)n[nH]1. The minimum absolute atomic E-state index is 0.0629. The van der Waals surface area contributed by atoms with Crippen LogP contribution in [-0.4, -0.2) is 55.7 Å². The van der Waals surface area contributed by atoms with E-state index in [1.54, 1.807) is 11.1 Å². The van der Waals surface area contributed by atoms with Gasteiger partial charge in [0.15, 0.2) is 5.82 Å². The van der Waals surface area contributed by atoms with E-state index < -0.39 is 0 Å². The molecule has 24 heavy (non-hydrogen) atoms. The summed E-state index contributed by atoms with van der Waals surface area (Å²) in [7, 11) is 0. The van der Waals surface area contributed by atoms with Gasteiger partial charge in [-0.25, -0.2) is 9.97 Å². The molecular weight excluding hydrogens is 308 g/mol. The monoisotopic (exact) mass is 332 g/mol. The maximum absolute atomic E-state index is 12.7. The van der Waals surface area contributed by atoms with Gasteiger partial charge in [0.05, 0.1) is 19.3 Å². The predicted molar refractivity (Wildman–Crippen MR) is 87.7 cm³/mol. The van der Waals surface area contributed by atoms with E-state index in [2.05, 4.69) is 32.1 Å². The van der Waals surface area contributed by atoms with Crippen molar-refractivity contribution in [3.63, 3.8) is 0 Å². The molecule has 1 aliphatic rings. The van der Waals surface area contributed by atoms with E-state index in [1.165, 1.54) is 0 Å². The van der Waals surface area contributed by atoms with Gasteiger partial charge in [-0.2, -0.15) is 5.10 Å². The Morgan fingerprint density at radius 2 is 2.33 bits per heavy atom. The van der Waals surface area contributed by atoms with Crippen molar-refractivity contribution in [1.82, 2.24) is 30.0 Å². The molecule has 1 aliphatic heterocycles. The van der Waals surface area contributed by atoms with Crippen LogP contribution in [0.5, 0.6) is 0 Å². The van der Waals surface area contributed by atoms with Crippen LogP contribution in [0.4, 0.5) is 0 Å². The van der Waals surface area contributed by atoms with Gasteiger partial charge < -0.3 is 14.6 Å². The Bertz CT molecular complexity index is 692. The second-order valence-corrected chi connectivity index (χ2v) is 6.34. The Labute approximate surface area is 141 Å². The molecule has 8 heteroatoms. The van der Waals surface area contributed by atoms with Gasteiger partial charge >= 0.3 is 0 Å². The number of carbonyl (C=O) groups excluding carboxylic acids is 1. The number of aromatic nitrogens is 5. The number of ether oxygens (including phenoxy) is 1. The topological polar surface area (TPSA) is 99.8 Å². The Morgan fingerprint density at radius 1 is 1.50 bits per heavy atom. The van der Waals surface area contributed by atoms with Gasteiger partial charge in [0.25, 0.3) is 5.91 Å². The van der Waals surface area contributed by atoms with Crippen molar-refractivity contribution in [3.8, 4) is 0 Å². The third-order valence-corrected chi connectivity index (χ3v) is 4.05. The highest BCUT2D eigenvalue weighted by atomic mass is 16.5. The molecule has 1 atom stereocenters. The van der Waals surface area contributed by atoms with Crippen LogP contribution in [0.2, 0.25) is 0 Å². The Hall–Kier alpha value is -2.22. The van der Waals surface area contributed by atoms with E-state index in [9.17, 15) is 4.79 Å². The first kappa shape index (κ1) is 16.6. The maximum atomic E-state index is 12.7. The molecule has 3 rings (SSSR count). The summed E-state index contributed by atoms with van der Waals surface area (Å²) in [6.07, 6.45) is 3.17. The lowest BCUT2D eigenvalue weighted by molar-refractivity contribution is -0.0268. The van der Waals surface area contributed by atoms with Gasteiger partial charge in [0.1, 0.15) is 23.4 Å². The van der Waals surface area contributed by atoms with Crippen LogP contribution in [0.15, 0.2) is 6.20 Å². The molecule has 0 aliphatic carbocycles. The molecule has 0 aromatic carbocycles. The molecule has 2 aromatic heterocycles. The number of imidazole rings is 1. The molecule has 0 unspecified atom stereocenters. The summed E-state index contributed by atoms with van der Waals surface area (Å²) in [5.41, 5.74) is 0.515. The number of aryl methyl sites for hydroxylation is 1. The molecule has 130 valence electrons. The van der Waals surface area contributed by atoms with Crippen LogP contribution in [-0.2, 0) is 11.2 Å². The zero-order valence-electron chi connectivity index (χ0n) is 14.4. The van der Waals surface area contributed by atoms with Crippen LogP contribution >= 0.6 is 0 Å². The predicted octanol–water partition coefficient (Wildman–Crippen LogP) is 1.82. The van der Waals surface area contributed by atoms with Crippen molar-refractivity contribution in [2.24, 2.45) is 0 Å². The molecule has 2 aromatic rings. The molecule has 1 fully saturated rings. The van der Waals surface area contributed by atoms with E-state index in [1.807, 2.05) is 13.8 Å². The van der Waals surface area contributed by atoms with E-state index in [-0.39, 0.29) is 17.9 Å². The number of aromatic amines is 2. The van der Waals surface area contributed by atoms with Crippen molar-refractivity contribution >= 4 is 5.91 Å². The maximum Gasteiger partial charge on any atom is 0.272 e. The summed E-state index contributed by atoms with van der Waals surface area (Å²) in [6.45, 7) is 7.63. The summed E-state index contributed by atoms with van der Waals surface area (Å²) in [6, 6.07) is 0. The number of morpholine rings is 1. The molecule has 3 heterocycles. The Morgan fingerprint density at radius 3 is 3.04 bits per heavy atom. The van der Waals surface area contributed by atoms with E-state index >= 15 is 0 Å². The summed E-state index contributed by atoms with van der Waals surface area (Å²) in [4.78, 5) is 26.3. The fraction of sp³-hybridized carbons (Fsp3) is 0.625.